The fourth-order valence-electron chi connectivity index (χ4n) is 2.84. The predicted molar refractivity (Wildman–Crippen MR) is 96.2 cm³/mol. The lowest BCUT2D eigenvalue weighted by Crippen LogP contribution is -1.95. The third-order valence-corrected chi connectivity index (χ3v) is 4.31. The molecule has 0 aliphatic rings. The Hall–Kier alpha value is -1.96. The van der Waals surface area contributed by atoms with Crippen LogP contribution in [0.15, 0.2) is 36.4 Å². The molecule has 2 N–H and O–H groups in total. The summed E-state index contributed by atoms with van der Waals surface area (Å²) in [5, 5.41) is 20.3. The first-order chi connectivity index (χ1) is 11.1. The minimum atomic E-state index is 0.309. The normalized spacial score (nSPS) is 10.9. The molecule has 23 heavy (non-hydrogen) atoms. The molecular weight excluding hydrogens is 284 g/mol. The van der Waals surface area contributed by atoms with E-state index < -0.39 is 0 Å². The summed E-state index contributed by atoms with van der Waals surface area (Å²) in [4.78, 5) is 0. The fourth-order valence-corrected chi connectivity index (χ4v) is 2.84. The fraction of sp³-hybridized carbons (Fsp3) is 0.429. The average molecular weight is 312 g/mol. The molecule has 2 nitrogen and oxygen atoms in total. The minimum absolute atomic E-state index is 0.309. The Balaban J connectivity index is 2.20. The molecule has 0 aliphatic heterocycles. The highest BCUT2D eigenvalue weighted by molar-refractivity contribution is 5.44. The van der Waals surface area contributed by atoms with Gasteiger partial charge >= 0.3 is 0 Å². The van der Waals surface area contributed by atoms with Crippen LogP contribution in [0.5, 0.6) is 11.5 Å². The topological polar surface area (TPSA) is 40.5 Å². The highest BCUT2D eigenvalue weighted by Crippen LogP contribution is 2.27. The molecule has 2 heteroatoms. The molecule has 0 amide bonds. The van der Waals surface area contributed by atoms with Crippen LogP contribution >= 0.6 is 0 Å². The molecule has 0 aromatic heterocycles. The molecule has 0 spiro atoms. The molecule has 0 heterocycles. The number of unbranched alkanes of at least 4 members (excludes halogenated alkanes) is 2. The predicted octanol–water partition coefficient (Wildman–Crippen LogP) is 5.37. The zero-order valence-corrected chi connectivity index (χ0v) is 14.3. The number of aromatic hydroxyl groups is 2. The van der Waals surface area contributed by atoms with Gasteiger partial charge in [0.05, 0.1) is 0 Å². The zero-order chi connectivity index (χ0) is 16.7. The lowest BCUT2D eigenvalue weighted by atomic mass is 9.97. The van der Waals surface area contributed by atoms with Crippen molar-refractivity contribution in [3.8, 4) is 11.5 Å². The van der Waals surface area contributed by atoms with Gasteiger partial charge in [0, 0.05) is 6.42 Å². The Labute approximate surface area is 139 Å². The summed E-state index contributed by atoms with van der Waals surface area (Å²) in [7, 11) is 0. The van der Waals surface area contributed by atoms with Gasteiger partial charge in [-0.2, -0.15) is 0 Å². The molecule has 0 fully saturated rings. The van der Waals surface area contributed by atoms with E-state index >= 15 is 0 Å². The molecule has 2 rings (SSSR count). The summed E-state index contributed by atoms with van der Waals surface area (Å²) < 4.78 is 0. The van der Waals surface area contributed by atoms with E-state index in [1.165, 1.54) is 11.1 Å². The molecule has 0 unspecified atom stereocenters. The summed E-state index contributed by atoms with van der Waals surface area (Å²) in [5.41, 5.74) is 4.28. The summed E-state index contributed by atoms with van der Waals surface area (Å²) >= 11 is 0. The smallest absolute Gasteiger partial charge is 0.119 e. The van der Waals surface area contributed by atoms with Gasteiger partial charge in [0.2, 0.25) is 0 Å². The summed E-state index contributed by atoms with van der Waals surface area (Å²) in [6.45, 7) is 4.36. The Morgan fingerprint density at radius 3 is 1.52 bits per heavy atom. The van der Waals surface area contributed by atoms with Crippen LogP contribution in [0.1, 0.15) is 61.8 Å². The summed E-state index contributed by atoms with van der Waals surface area (Å²) in [5.74, 6) is 0.618. The van der Waals surface area contributed by atoms with Gasteiger partial charge in [-0.15, -0.1) is 0 Å². The van der Waals surface area contributed by atoms with Crippen molar-refractivity contribution < 1.29 is 10.2 Å². The molecule has 0 radical (unpaired) electrons. The third kappa shape index (κ3) is 5.02. The van der Waals surface area contributed by atoms with Crippen molar-refractivity contribution >= 4 is 0 Å². The molecule has 0 saturated carbocycles. The Morgan fingerprint density at radius 2 is 1.13 bits per heavy atom. The quantitative estimate of drug-likeness (QED) is 0.687. The first-order valence-electron chi connectivity index (χ1n) is 8.75. The van der Waals surface area contributed by atoms with Crippen molar-refractivity contribution in [2.75, 3.05) is 0 Å². The number of hydrogen-bond donors (Lipinski definition) is 2. The second-order valence-electron chi connectivity index (χ2n) is 6.31. The highest BCUT2D eigenvalue weighted by Gasteiger charge is 2.09. The second kappa shape index (κ2) is 8.61. The Kier molecular flexibility index (Phi) is 6.52. The lowest BCUT2D eigenvalue weighted by molar-refractivity contribution is 0.462. The lowest BCUT2D eigenvalue weighted by Gasteiger charge is -2.11. The molecule has 0 saturated heterocycles. The highest BCUT2D eigenvalue weighted by atomic mass is 16.3. The van der Waals surface area contributed by atoms with Crippen molar-refractivity contribution in [1.82, 2.24) is 0 Å². The Bertz CT molecular complexity index is 576. The van der Waals surface area contributed by atoms with E-state index in [2.05, 4.69) is 26.0 Å². The van der Waals surface area contributed by atoms with Crippen LogP contribution < -0.4 is 0 Å². The van der Waals surface area contributed by atoms with Crippen LogP contribution in [0, 0.1) is 0 Å². The van der Waals surface area contributed by atoms with E-state index in [9.17, 15) is 10.2 Å². The van der Waals surface area contributed by atoms with Gasteiger partial charge in [0.25, 0.3) is 0 Å². The second-order valence-corrected chi connectivity index (χ2v) is 6.31. The van der Waals surface area contributed by atoms with Crippen molar-refractivity contribution in [2.45, 2.75) is 58.8 Å². The molecule has 124 valence electrons. The average Bonchev–Trinajstić information content (AvgIpc) is 2.56. The van der Waals surface area contributed by atoms with E-state index in [1.807, 2.05) is 12.1 Å². The van der Waals surface area contributed by atoms with Gasteiger partial charge in [0.15, 0.2) is 0 Å². The van der Waals surface area contributed by atoms with Crippen LogP contribution in [-0.4, -0.2) is 10.2 Å². The SMILES string of the molecule is CCCCc1ccc(O)c(Cc2cc(CCCC)ccc2O)c1. The minimum Gasteiger partial charge on any atom is -0.508 e. The van der Waals surface area contributed by atoms with Crippen LogP contribution in [0.25, 0.3) is 0 Å². The largest absolute Gasteiger partial charge is 0.508 e. The van der Waals surface area contributed by atoms with Gasteiger partial charge in [0.1, 0.15) is 11.5 Å². The van der Waals surface area contributed by atoms with E-state index in [4.69, 9.17) is 0 Å². The van der Waals surface area contributed by atoms with Gasteiger partial charge in [-0.05, 0) is 60.1 Å². The number of benzene rings is 2. The van der Waals surface area contributed by atoms with E-state index in [-0.39, 0.29) is 0 Å². The molecular formula is C21H28O2. The number of phenols is 2. The van der Waals surface area contributed by atoms with E-state index in [0.29, 0.717) is 17.9 Å². The number of phenolic OH excluding ortho intramolecular Hbond substituents is 2. The van der Waals surface area contributed by atoms with Gasteiger partial charge in [-0.1, -0.05) is 51.0 Å². The molecule has 2 aromatic carbocycles. The summed E-state index contributed by atoms with van der Waals surface area (Å²) in [6, 6.07) is 11.7. The van der Waals surface area contributed by atoms with Crippen molar-refractivity contribution in [3.63, 3.8) is 0 Å². The molecule has 0 atom stereocenters. The first kappa shape index (κ1) is 17.4. The van der Waals surface area contributed by atoms with Gasteiger partial charge in [-0.25, -0.2) is 0 Å². The van der Waals surface area contributed by atoms with Crippen LogP contribution in [0.4, 0.5) is 0 Å². The van der Waals surface area contributed by atoms with Crippen molar-refractivity contribution in [3.05, 3.63) is 58.7 Å². The van der Waals surface area contributed by atoms with Gasteiger partial charge < -0.3 is 10.2 Å². The zero-order valence-electron chi connectivity index (χ0n) is 14.3. The number of aryl methyl sites for hydroxylation is 2. The van der Waals surface area contributed by atoms with Crippen molar-refractivity contribution in [1.29, 1.82) is 0 Å². The molecule has 2 aromatic rings. The standard InChI is InChI=1S/C21H28O2/c1-3-5-7-16-9-11-20(22)18(13-16)15-19-14-17(8-6-4-2)10-12-21(19)23/h9-14,22-23H,3-8,15H2,1-2H3. The summed E-state index contributed by atoms with van der Waals surface area (Å²) in [6.07, 6.45) is 7.27. The number of rotatable bonds is 8. The van der Waals surface area contributed by atoms with E-state index in [0.717, 1.165) is 49.7 Å². The van der Waals surface area contributed by atoms with Gasteiger partial charge in [-0.3, -0.25) is 0 Å². The van der Waals surface area contributed by atoms with E-state index in [1.54, 1.807) is 12.1 Å². The maximum atomic E-state index is 10.1. The van der Waals surface area contributed by atoms with Crippen LogP contribution in [0.2, 0.25) is 0 Å². The monoisotopic (exact) mass is 312 g/mol. The number of hydrogen-bond acceptors (Lipinski definition) is 2. The molecule has 0 aliphatic carbocycles. The molecule has 0 bridgehead atoms. The third-order valence-electron chi connectivity index (χ3n) is 4.31. The van der Waals surface area contributed by atoms with Crippen LogP contribution in [0.3, 0.4) is 0 Å². The first-order valence-corrected chi connectivity index (χ1v) is 8.75. The van der Waals surface area contributed by atoms with Crippen LogP contribution in [-0.2, 0) is 19.3 Å². The van der Waals surface area contributed by atoms with Crippen molar-refractivity contribution in [2.24, 2.45) is 0 Å². The Morgan fingerprint density at radius 1 is 0.696 bits per heavy atom. The maximum absolute atomic E-state index is 10.1. The maximum Gasteiger partial charge on any atom is 0.119 e.